The fourth-order valence-corrected chi connectivity index (χ4v) is 1.58. The summed E-state index contributed by atoms with van der Waals surface area (Å²) in [5, 5.41) is 11.2. The monoisotopic (exact) mass is 207 g/mol. The van der Waals surface area contributed by atoms with Crippen LogP contribution in [0.15, 0.2) is 18.2 Å². The predicted octanol–water partition coefficient (Wildman–Crippen LogP) is 0.439. The van der Waals surface area contributed by atoms with Crippen LogP contribution in [0, 0.1) is 0 Å². The number of carbonyl (C=O) groups is 1. The van der Waals surface area contributed by atoms with Crippen LogP contribution in [0.3, 0.4) is 0 Å². The summed E-state index contributed by atoms with van der Waals surface area (Å²) in [4.78, 5) is 11.5. The standard InChI is InChI=1S/C11H13NO3/c13-4-3-12-11(14)8-1-2-9-6-15-7-10(9)5-8/h1-2,5,13H,3-4,6-7H2,(H,12,14). The Balaban J connectivity index is 2.12. The zero-order valence-corrected chi connectivity index (χ0v) is 8.32. The maximum absolute atomic E-state index is 11.5. The first-order valence-corrected chi connectivity index (χ1v) is 4.90. The van der Waals surface area contributed by atoms with Gasteiger partial charge in [-0.1, -0.05) is 6.07 Å². The second-order valence-electron chi connectivity index (χ2n) is 3.46. The van der Waals surface area contributed by atoms with E-state index in [9.17, 15) is 4.79 Å². The van der Waals surface area contributed by atoms with Crippen LogP contribution < -0.4 is 5.32 Å². The number of aliphatic hydroxyl groups is 1. The van der Waals surface area contributed by atoms with Gasteiger partial charge in [-0.15, -0.1) is 0 Å². The summed E-state index contributed by atoms with van der Waals surface area (Å²) in [6, 6.07) is 5.53. The fraction of sp³-hybridized carbons (Fsp3) is 0.364. The Bertz CT molecular complexity index is 376. The minimum absolute atomic E-state index is 0.0419. The van der Waals surface area contributed by atoms with Gasteiger partial charge in [0.2, 0.25) is 0 Å². The van der Waals surface area contributed by atoms with Crippen molar-refractivity contribution in [3.63, 3.8) is 0 Å². The average molecular weight is 207 g/mol. The van der Waals surface area contributed by atoms with E-state index in [0.29, 0.717) is 18.8 Å². The number of fused-ring (bicyclic) bond motifs is 1. The number of nitrogens with one attached hydrogen (secondary N) is 1. The summed E-state index contributed by atoms with van der Waals surface area (Å²) in [5.41, 5.74) is 2.84. The molecular weight excluding hydrogens is 194 g/mol. The number of benzene rings is 1. The van der Waals surface area contributed by atoms with Crippen molar-refractivity contribution in [1.82, 2.24) is 5.32 Å². The lowest BCUT2D eigenvalue weighted by Crippen LogP contribution is -2.26. The minimum Gasteiger partial charge on any atom is -0.395 e. The molecule has 4 nitrogen and oxygen atoms in total. The van der Waals surface area contributed by atoms with Gasteiger partial charge in [-0.3, -0.25) is 4.79 Å². The molecule has 1 aliphatic rings. The van der Waals surface area contributed by atoms with Gasteiger partial charge < -0.3 is 15.2 Å². The summed E-state index contributed by atoms with van der Waals surface area (Å²) in [6.45, 7) is 1.45. The molecule has 2 N–H and O–H groups in total. The van der Waals surface area contributed by atoms with Crippen molar-refractivity contribution in [3.8, 4) is 0 Å². The molecule has 15 heavy (non-hydrogen) atoms. The summed E-state index contributed by atoms with van der Waals surface area (Å²) in [7, 11) is 0. The molecule has 2 rings (SSSR count). The lowest BCUT2D eigenvalue weighted by Gasteiger charge is -2.04. The maximum atomic E-state index is 11.5. The highest BCUT2D eigenvalue weighted by molar-refractivity contribution is 5.94. The number of hydrogen-bond acceptors (Lipinski definition) is 3. The molecule has 80 valence electrons. The molecule has 0 saturated heterocycles. The number of rotatable bonds is 3. The quantitative estimate of drug-likeness (QED) is 0.756. The Kier molecular flexibility index (Phi) is 2.99. The molecule has 4 heteroatoms. The van der Waals surface area contributed by atoms with Gasteiger partial charge in [0.15, 0.2) is 0 Å². The second kappa shape index (κ2) is 4.42. The van der Waals surface area contributed by atoms with Crippen molar-refractivity contribution in [3.05, 3.63) is 34.9 Å². The van der Waals surface area contributed by atoms with Crippen LogP contribution in [0.1, 0.15) is 21.5 Å². The smallest absolute Gasteiger partial charge is 0.251 e. The summed E-state index contributed by atoms with van der Waals surface area (Å²) in [6.07, 6.45) is 0. The van der Waals surface area contributed by atoms with Gasteiger partial charge in [0, 0.05) is 12.1 Å². The second-order valence-corrected chi connectivity index (χ2v) is 3.46. The third kappa shape index (κ3) is 2.16. The van der Waals surface area contributed by atoms with Crippen molar-refractivity contribution in [1.29, 1.82) is 0 Å². The average Bonchev–Trinajstić information content (AvgIpc) is 2.72. The SMILES string of the molecule is O=C(NCCO)c1ccc2c(c1)COC2. The third-order valence-electron chi connectivity index (χ3n) is 2.38. The van der Waals surface area contributed by atoms with E-state index in [1.54, 1.807) is 6.07 Å². The Hall–Kier alpha value is -1.39. The van der Waals surface area contributed by atoms with E-state index >= 15 is 0 Å². The molecule has 0 radical (unpaired) electrons. The highest BCUT2D eigenvalue weighted by atomic mass is 16.5. The molecular formula is C11H13NO3. The molecule has 0 bridgehead atoms. The highest BCUT2D eigenvalue weighted by Gasteiger charge is 2.13. The Morgan fingerprint density at radius 1 is 1.40 bits per heavy atom. The fourth-order valence-electron chi connectivity index (χ4n) is 1.58. The van der Waals surface area contributed by atoms with Gasteiger partial charge in [-0.2, -0.15) is 0 Å². The largest absolute Gasteiger partial charge is 0.395 e. The molecule has 1 aromatic carbocycles. The molecule has 0 aliphatic carbocycles. The van der Waals surface area contributed by atoms with Gasteiger partial charge in [0.1, 0.15) is 0 Å². The van der Waals surface area contributed by atoms with E-state index in [-0.39, 0.29) is 19.1 Å². The summed E-state index contributed by atoms with van der Waals surface area (Å²) >= 11 is 0. The van der Waals surface area contributed by atoms with E-state index in [2.05, 4.69) is 5.32 Å². The normalized spacial score (nSPS) is 13.7. The van der Waals surface area contributed by atoms with Crippen LogP contribution in [0.25, 0.3) is 0 Å². The lowest BCUT2D eigenvalue weighted by atomic mass is 10.1. The zero-order valence-electron chi connectivity index (χ0n) is 8.32. The van der Waals surface area contributed by atoms with Crippen LogP contribution in [-0.2, 0) is 18.0 Å². The molecule has 0 spiro atoms. The van der Waals surface area contributed by atoms with Crippen molar-refractivity contribution < 1.29 is 14.6 Å². The van der Waals surface area contributed by atoms with E-state index in [1.807, 2.05) is 12.1 Å². The van der Waals surface area contributed by atoms with Crippen molar-refractivity contribution in [2.24, 2.45) is 0 Å². The van der Waals surface area contributed by atoms with E-state index in [0.717, 1.165) is 11.1 Å². The minimum atomic E-state index is -0.154. The number of carbonyl (C=O) groups excluding carboxylic acids is 1. The van der Waals surface area contributed by atoms with Crippen LogP contribution in [0.2, 0.25) is 0 Å². The maximum Gasteiger partial charge on any atom is 0.251 e. The van der Waals surface area contributed by atoms with E-state index in [1.165, 1.54) is 0 Å². The molecule has 0 fully saturated rings. The van der Waals surface area contributed by atoms with Gasteiger partial charge in [-0.25, -0.2) is 0 Å². The Labute approximate surface area is 87.9 Å². The number of amides is 1. The first-order chi connectivity index (χ1) is 7.31. The van der Waals surface area contributed by atoms with Gasteiger partial charge in [0.25, 0.3) is 5.91 Å². The van der Waals surface area contributed by atoms with Crippen LogP contribution in [0.5, 0.6) is 0 Å². The van der Waals surface area contributed by atoms with Crippen molar-refractivity contribution in [2.45, 2.75) is 13.2 Å². The molecule has 1 amide bonds. The van der Waals surface area contributed by atoms with Gasteiger partial charge in [-0.05, 0) is 23.3 Å². The lowest BCUT2D eigenvalue weighted by molar-refractivity contribution is 0.0944. The molecule has 0 aromatic heterocycles. The van der Waals surface area contributed by atoms with E-state index in [4.69, 9.17) is 9.84 Å². The first-order valence-electron chi connectivity index (χ1n) is 4.90. The molecule has 0 unspecified atom stereocenters. The molecule has 1 aliphatic heterocycles. The predicted molar refractivity (Wildman–Crippen MR) is 54.4 cm³/mol. The van der Waals surface area contributed by atoms with Crippen LogP contribution in [-0.4, -0.2) is 24.2 Å². The molecule has 0 atom stereocenters. The Morgan fingerprint density at radius 2 is 2.20 bits per heavy atom. The number of hydrogen-bond donors (Lipinski definition) is 2. The van der Waals surface area contributed by atoms with Crippen LogP contribution in [0.4, 0.5) is 0 Å². The highest BCUT2D eigenvalue weighted by Crippen LogP contribution is 2.20. The zero-order chi connectivity index (χ0) is 10.7. The number of ether oxygens (including phenoxy) is 1. The number of aliphatic hydroxyl groups excluding tert-OH is 1. The Morgan fingerprint density at radius 3 is 3.00 bits per heavy atom. The molecule has 0 saturated carbocycles. The first kappa shape index (κ1) is 10.1. The molecule has 1 heterocycles. The van der Waals surface area contributed by atoms with Gasteiger partial charge in [0.05, 0.1) is 19.8 Å². The van der Waals surface area contributed by atoms with Gasteiger partial charge >= 0.3 is 0 Å². The van der Waals surface area contributed by atoms with Crippen molar-refractivity contribution >= 4 is 5.91 Å². The molecule has 1 aromatic rings. The topological polar surface area (TPSA) is 58.6 Å². The van der Waals surface area contributed by atoms with Crippen molar-refractivity contribution in [2.75, 3.05) is 13.2 Å². The van der Waals surface area contributed by atoms with E-state index < -0.39 is 0 Å². The van der Waals surface area contributed by atoms with Crippen LogP contribution >= 0.6 is 0 Å². The summed E-state index contributed by atoms with van der Waals surface area (Å²) < 4.78 is 5.26. The summed E-state index contributed by atoms with van der Waals surface area (Å²) in [5.74, 6) is -0.154. The third-order valence-corrected chi connectivity index (χ3v) is 2.38.